The molecule has 1 aliphatic carbocycles. The minimum Gasteiger partial charge on any atom is -0.497 e. The van der Waals surface area contributed by atoms with Crippen LogP contribution in [0, 0.1) is 0 Å². The first-order valence-electron chi connectivity index (χ1n) is 9.15. The number of hydrogen-bond acceptors (Lipinski definition) is 4. The zero-order valence-corrected chi connectivity index (χ0v) is 15.4. The van der Waals surface area contributed by atoms with E-state index in [1.54, 1.807) is 49.8 Å². The van der Waals surface area contributed by atoms with Crippen molar-refractivity contribution < 1.29 is 18.7 Å². The molecule has 3 rings (SSSR count). The van der Waals surface area contributed by atoms with Gasteiger partial charge in [0, 0.05) is 11.8 Å². The van der Waals surface area contributed by atoms with E-state index in [0.29, 0.717) is 36.6 Å². The van der Waals surface area contributed by atoms with E-state index in [2.05, 4.69) is 16.0 Å². The number of furan rings is 1. The van der Waals surface area contributed by atoms with Crippen molar-refractivity contribution in [1.82, 2.24) is 10.6 Å². The van der Waals surface area contributed by atoms with Crippen molar-refractivity contribution in [1.29, 1.82) is 0 Å². The molecule has 0 saturated heterocycles. The molecule has 1 aromatic carbocycles. The summed E-state index contributed by atoms with van der Waals surface area (Å²) >= 11 is 0. The molecule has 7 heteroatoms. The topological polar surface area (TPSA) is 92.6 Å². The average Bonchev–Trinajstić information content (AvgIpc) is 3.20. The lowest BCUT2D eigenvalue weighted by molar-refractivity contribution is -0.128. The molecule has 27 heavy (non-hydrogen) atoms. The van der Waals surface area contributed by atoms with Gasteiger partial charge in [-0.3, -0.25) is 4.79 Å². The fourth-order valence-electron chi connectivity index (χ4n) is 3.39. The number of urea groups is 1. The second-order valence-electron chi connectivity index (χ2n) is 6.72. The van der Waals surface area contributed by atoms with Crippen LogP contribution in [0.25, 0.3) is 0 Å². The predicted molar refractivity (Wildman–Crippen MR) is 102 cm³/mol. The lowest BCUT2D eigenvalue weighted by atomic mass is 9.81. The number of ether oxygens (including phenoxy) is 1. The van der Waals surface area contributed by atoms with Gasteiger partial charge < -0.3 is 25.1 Å². The van der Waals surface area contributed by atoms with E-state index in [9.17, 15) is 9.59 Å². The molecule has 3 N–H and O–H groups in total. The molecule has 1 saturated carbocycles. The van der Waals surface area contributed by atoms with Gasteiger partial charge in [-0.25, -0.2) is 4.79 Å². The van der Waals surface area contributed by atoms with Gasteiger partial charge in [-0.15, -0.1) is 0 Å². The molecule has 1 heterocycles. The highest BCUT2D eigenvalue weighted by Crippen LogP contribution is 2.29. The number of benzene rings is 1. The minimum absolute atomic E-state index is 0.181. The Morgan fingerprint density at radius 2 is 1.96 bits per heavy atom. The third kappa shape index (κ3) is 4.81. The smallest absolute Gasteiger partial charge is 0.320 e. The Labute approximate surface area is 158 Å². The van der Waals surface area contributed by atoms with E-state index >= 15 is 0 Å². The molecule has 1 fully saturated rings. The minimum atomic E-state index is -0.909. The highest BCUT2D eigenvalue weighted by atomic mass is 16.5. The monoisotopic (exact) mass is 371 g/mol. The number of nitrogens with one attached hydrogen (secondary N) is 3. The highest BCUT2D eigenvalue weighted by Gasteiger charge is 2.40. The molecule has 0 bridgehead atoms. The van der Waals surface area contributed by atoms with E-state index in [1.807, 2.05) is 0 Å². The van der Waals surface area contributed by atoms with Crippen molar-refractivity contribution in [2.75, 3.05) is 12.4 Å². The summed E-state index contributed by atoms with van der Waals surface area (Å²) in [7, 11) is 1.57. The normalized spacial score (nSPS) is 15.6. The van der Waals surface area contributed by atoms with Crippen LogP contribution in [-0.4, -0.2) is 24.6 Å². The van der Waals surface area contributed by atoms with Crippen LogP contribution >= 0.6 is 0 Å². The Kier molecular flexibility index (Phi) is 6.01. The van der Waals surface area contributed by atoms with Crippen LogP contribution in [0.2, 0.25) is 0 Å². The number of rotatable bonds is 6. The Morgan fingerprint density at radius 3 is 2.67 bits per heavy atom. The Bertz CT molecular complexity index is 767. The standard InChI is InChI=1S/C20H25N3O4/c1-26-16-8-5-7-15(13-16)22-19(25)23-20(10-3-2-4-11-20)18(24)21-14-17-9-6-12-27-17/h5-9,12-13H,2-4,10-11,14H2,1H3,(H,21,24)(H2,22,23,25). The molecule has 1 aromatic heterocycles. The van der Waals surface area contributed by atoms with Crippen molar-refractivity contribution >= 4 is 17.6 Å². The number of anilines is 1. The molecule has 0 spiro atoms. The summed E-state index contributed by atoms with van der Waals surface area (Å²) in [6, 6.07) is 10.3. The molecule has 0 unspecified atom stereocenters. The van der Waals surface area contributed by atoms with E-state index in [0.717, 1.165) is 19.3 Å². The van der Waals surface area contributed by atoms with Crippen molar-refractivity contribution in [2.24, 2.45) is 0 Å². The quantitative estimate of drug-likeness (QED) is 0.725. The van der Waals surface area contributed by atoms with Crippen LogP contribution in [-0.2, 0) is 11.3 Å². The maximum absolute atomic E-state index is 12.9. The largest absolute Gasteiger partial charge is 0.497 e. The summed E-state index contributed by atoms with van der Waals surface area (Å²) in [6.45, 7) is 0.298. The lowest BCUT2D eigenvalue weighted by Crippen LogP contribution is -2.60. The van der Waals surface area contributed by atoms with Gasteiger partial charge in [0.1, 0.15) is 17.0 Å². The molecule has 0 radical (unpaired) electrons. The SMILES string of the molecule is COc1cccc(NC(=O)NC2(C(=O)NCc3ccco3)CCCCC2)c1. The molecule has 144 valence electrons. The Morgan fingerprint density at radius 1 is 1.15 bits per heavy atom. The van der Waals surface area contributed by atoms with Gasteiger partial charge >= 0.3 is 6.03 Å². The van der Waals surface area contributed by atoms with Crippen LogP contribution < -0.4 is 20.7 Å². The van der Waals surface area contributed by atoms with E-state index in [1.165, 1.54) is 0 Å². The van der Waals surface area contributed by atoms with E-state index in [4.69, 9.17) is 9.15 Å². The zero-order chi connectivity index (χ0) is 19.1. The van der Waals surface area contributed by atoms with Crippen LogP contribution in [0.1, 0.15) is 37.9 Å². The van der Waals surface area contributed by atoms with Crippen LogP contribution in [0.4, 0.5) is 10.5 Å². The van der Waals surface area contributed by atoms with Crippen LogP contribution in [0.5, 0.6) is 5.75 Å². The first-order chi connectivity index (χ1) is 13.1. The average molecular weight is 371 g/mol. The lowest BCUT2D eigenvalue weighted by Gasteiger charge is -2.36. The summed E-state index contributed by atoms with van der Waals surface area (Å²) in [4.78, 5) is 25.4. The Balaban J connectivity index is 1.65. The third-order valence-electron chi connectivity index (χ3n) is 4.83. The number of carbonyl (C=O) groups is 2. The first-order valence-corrected chi connectivity index (χ1v) is 9.15. The zero-order valence-electron chi connectivity index (χ0n) is 15.4. The van der Waals surface area contributed by atoms with Crippen molar-refractivity contribution in [3.8, 4) is 5.75 Å². The summed E-state index contributed by atoms with van der Waals surface area (Å²) in [6.07, 6.45) is 5.65. The summed E-state index contributed by atoms with van der Waals surface area (Å²) in [5.41, 5.74) is -0.304. The van der Waals surface area contributed by atoms with Crippen molar-refractivity contribution in [2.45, 2.75) is 44.2 Å². The first kappa shape index (κ1) is 18.8. The highest BCUT2D eigenvalue weighted by molar-refractivity contribution is 5.96. The molecular formula is C20H25N3O4. The maximum Gasteiger partial charge on any atom is 0.320 e. The molecule has 1 aliphatic rings. The number of methoxy groups -OCH3 is 1. The molecule has 2 aromatic rings. The van der Waals surface area contributed by atoms with Gasteiger partial charge in [0.05, 0.1) is 19.9 Å². The third-order valence-corrected chi connectivity index (χ3v) is 4.83. The van der Waals surface area contributed by atoms with Gasteiger partial charge in [0.25, 0.3) is 0 Å². The van der Waals surface area contributed by atoms with Crippen LogP contribution in [0.3, 0.4) is 0 Å². The van der Waals surface area contributed by atoms with Gasteiger partial charge in [-0.2, -0.15) is 0 Å². The molecule has 3 amide bonds. The van der Waals surface area contributed by atoms with E-state index < -0.39 is 11.6 Å². The Hall–Kier alpha value is -2.96. The van der Waals surface area contributed by atoms with Crippen molar-refractivity contribution in [3.63, 3.8) is 0 Å². The van der Waals surface area contributed by atoms with Crippen LogP contribution in [0.15, 0.2) is 47.1 Å². The van der Waals surface area contributed by atoms with Gasteiger partial charge in [-0.1, -0.05) is 25.3 Å². The maximum atomic E-state index is 12.9. The molecule has 0 atom stereocenters. The van der Waals surface area contributed by atoms with Gasteiger partial charge in [0.2, 0.25) is 5.91 Å². The predicted octanol–water partition coefficient (Wildman–Crippen LogP) is 3.43. The van der Waals surface area contributed by atoms with Crippen molar-refractivity contribution in [3.05, 3.63) is 48.4 Å². The van der Waals surface area contributed by atoms with Gasteiger partial charge in [0.15, 0.2) is 0 Å². The van der Waals surface area contributed by atoms with E-state index in [-0.39, 0.29) is 5.91 Å². The number of carbonyl (C=O) groups excluding carboxylic acids is 2. The summed E-state index contributed by atoms with van der Waals surface area (Å²) < 4.78 is 10.4. The molecule has 7 nitrogen and oxygen atoms in total. The second kappa shape index (κ2) is 8.62. The number of amides is 3. The molecular weight excluding hydrogens is 346 g/mol. The number of hydrogen-bond donors (Lipinski definition) is 3. The summed E-state index contributed by atoms with van der Waals surface area (Å²) in [5.74, 6) is 1.14. The fourth-order valence-corrected chi connectivity index (χ4v) is 3.39. The second-order valence-corrected chi connectivity index (χ2v) is 6.72. The van der Waals surface area contributed by atoms with Gasteiger partial charge in [-0.05, 0) is 37.1 Å². The molecule has 0 aliphatic heterocycles. The fraction of sp³-hybridized carbons (Fsp3) is 0.400. The summed E-state index contributed by atoms with van der Waals surface area (Å²) in [5, 5.41) is 8.59.